The van der Waals surface area contributed by atoms with E-state index in [2.05, 4.69) is 5.32 Å². The fourth-order valence-electron chi connectivity index (χ4n) is 2.99. The molecule has 23 heavy (non-hydrogen) atoms. The summed E-state index contributed by atoms with van der Waals surface area (Å²) in [5.74, 6) is -2.07. The molecule has 2 N–H and O–H groups in total. The summed E-state index contributed by atoms with van der Waals surface area (Å²) in [6.45, 7) is 0.497. The summed E-state index contributed by atoms with van der Waals surface area (Å²) in [6.07, 6.45) is 2.58. The van der Waals surface area contributed by atoms with Gasteiger partial charge in [0.05, 0.1) is 5.56 Å². The lowest BCUT2D eigenvalue weighted by Gasteiger charge is -2.43. The smallest absolute Gasteiger partial charge is 0.335 e. The first-order valence-corrected chi connectivity index (χ1v) is 7.53. The van der Waals surface area contributed by atoms with Crippen LogP contribution in [0.4, 0.5) is 8.78 Å². The second kappa shape index (κ2) is 6.08. The molecule has 1 saturated carbocycles. The molecule has 0 amide bonds. The van der Waals surface area contributed by atoms with Crippen molar-refractivity contribution in [1.29, 1.82) is 0 Å². The molecule has 1 fully saturated rings. The van der Waals surface area contributed by atoms with Crippen molar-refractivity contribution in [3.8, 4) is 0 Å². The number of hydrogen-bond donors (Lipinski definition) is 2. The highest BCUT2D eigenvalue weighted by Gasteiger charge is 2.40. The number of carboxylic acid groups (broad SMARTS) is 1. The molecular formula is C18H17F2NO2. The predicted molar refractivity (Wildman–Crippen MR) is 82.1 cm³/mol. The first-order chi connectivity index (χ1) is 11.0. The molecule has 2 aromatic carbocycles. The van der Waals surface area contributed by atoms with Gasteiger partial charge in [0.25, 0.3) is 0 Å². The van der Waals surface area contributed by atoms with Crippen molar-refractivity contribution in [3.63, 3.8) is 0 Å². The number of carbonyl (C=O) groups is 1. The summed E-state index contributed by atoms with van der Waals surface area (Å²) in [5, 5.41) is 12.3. The molecule has 0 aliphatic heterocycles. The SMILES string of the molecule is O=C(O)c1ccc(CNC2(c3ccc(F)cc3F)CCC2)cc1. The molecule has 0 saturated heterocycles. The van der Waals surface area contributed by atoms with Crippen LogP contribution in [0.15, 0.2) is 42.5 Å². The normalized spacial score (nSPS) is 15.9. The van der Waals surface area contributed by atoms with Crippen molar-refractivity contribution >= 4 is 5.97 Å². The fraction of sp³-hybridized carbons (Fsp3) is 0.278. The van der Waals surface area contributed by atoms with Gasteiger partial charge in [-0.1, -0.05) is 18.2 Å². The summed E-state index contributed by atoms with van der Waals surface area (Å²) in [6, 6.07) is 10.3. The third-order valence-corrected chi connectivity index (χ3v) is 4.49. The van der Waals surface area contributed by atoms with Gasteiger partial charge in [-0.2, -0.15) is 0 Å². The van der Waals surface area contributed by atoms with E-state index in [1.165, 1.54) is 12.1 Å². The summed E-state index contributed by atoms with van der Waals surface area (Å²) in [5.41, 5.74) is 1.18. The molecule has 1 aliphatic carbocycles. The van der Waals surface area contributed by atoms with Gasteiger partial charge in [-0.05, 0) is 43.0 Å². The third kappa shape index (κ3) is 3.10. The predicted octanol–water partition coefficient (Wildman–Crippen LogP) is 3.83. The van der Waals surface area contributed by atoms with E-state index in [1.54, 1.807) is 24.3 Å². The zero-order chi connectivity index (χ0) is 16.4. The molecule has 5 heteroatoms. The first-order valence-electron chi connectivity index (χ1n) is 7.53. The van der Waals surface area contributed by atoms with Crippen molar-refractivity contribution in [2.45, 2.75) is 31.3 Å². The minimum absolute atomic E-state index is 0.233. The lowest BCUT2D eigenvalue weighted by molar-refractivity contribution is 0.0697. The molecule has 3 rings (SSSR count). The fourth-order valence-corrected chi connectivity index (χ4v) is 2.99. The first kappa shape index (κ1) is 15.6. The largest absolute Gasteiger partial charge is 0.478 e. The zero-order valence-corrected chi connectivity index (χ0v) is 12.5. The van der Waals surface area contributed by atoms with Crippen LogP contribution in [-0.4, -0.2) is 11.1 Å². The number of nitrogens with one attached hydrogen (secondary N) is 1. The molecule has 0 heterocycles. The maximum atomic E-state index is 14.1. The van der Waals surface area contributed by atoms with Gasteiger partial charge in [0.2, 0.25) is 0 Å². The van der Waals surface area contributed by atoms with E-state index in [1.807, 2.05) is 0 Å². The van der Waals surface area contributed by atoms with E-state index in [0.29, 0.717) is 12.1 Å². The highest BCUT2D eigenvalue weighted by atomic mass is 19.1. The van der Waals surface area contributed by atoms with Gasteiger partial charge < -0.3 is 10.4 Å². The Morgan fingerprint density at radius 2 is 1.83 bits per heavy atom. The lowest BCUT2D eigenvalue weighted by Crippen LogP contribution is -2.48. The quantitative estimate of drug-likeness (QED) is 0.881. The van der Waals surface area contributed by atoms with E-state index in [4.69, 9.17) is 5.11 Å². The van der Waals surface area contributed by atoms with Crippen LogP contribution in [0.2, 0.25) is 0 Å². The molecule has 1 aliphatic rings. The second-order valence-electron chi connectivity index (χ2n) is 5.92. The summed E-state index contributed by atoms with van der Waals surface area (Å²) in [4.78, 5) is 10.8. The minimum Gasteiger partial charge on any atom is -0.478 e. The summed E-state index contributed by atoms with van der Waals surface area (Å²) < 4.78 is 27.2. The Labute approximate surface area is 133 Å². The number of halogens is 2. The van der Waals surface area contributed by atoms with Gasteiger partial charge >= 0.3 is 5.97 Å². The Kier molecular flexibility index (Phi) is 4.13. The molecule has 120 valence electrons. The van der Waals surface area contributed by atoms with Gasteiger partial charge in [-0.25, -0.2) is 13.6 Å². The number of aromatic carboxylic acids is 1. The van der Waals surface area contributed by atoms with Crippen LogP contribution in [-0.2, 0) is 12.1 Å². The Balaban J connectivity index is 1.75. The van der Waals surface area contributed by atoms with Crippen molar-refractivity contribution in [1.82, 2.24) is 5.32 Å². The van der Waals surface area contributed by atoms with E-state index in [-0.39, 0.29) is 5.56 Å². The average Bonchev–Trinajstić information content (AvgIpc) is 2.48. The van der Waals surface area contributed by atoms with Gasteiger partial charge in [-0.3, -0.25) is 0 Å². The van der Waals surface area contributed by atoms with Crippen LogP contribution in [0.1, 0.15) is 40.7 Å². The van der Waals surface area contributed by atoms with Gasteiger partial charge in [0.15, 0.2) is 0 Å². The van der Waals surface area contributed by atoms with Crippen molar-refractivity contribution in [2.24, 2.45) is 0 Å². The van der Waals surface area contributed by atoms with Crippen molar-refractivity contribution < 1.29 is 18.7 Å². The van der Waals surface area contributed by atoms with Gasteiger partial charge in [0, 0.05) is 23.7 Å². The Morgan fingerprint density at radius 3 is 2.35 bits per heavy atom. The Hall–Kier alpha value is -2.27. The maximum absolute atomic E-state index is 14.1. The molecule has 0 radical (unpaired) electrons. The van der Waals surface area contributed by atoms with Crippen LogP contribution >= 0.6 is 0 Å². The second-order valence-corrected chi connectivity index (χ2v) is 5.92. The summed E-state index contributed by atoms with van der Waals surface area (Å²) >= 11 is 0. The van der Waals surface area contributed by atoms with Gasteiger partial charge in [-0.15, -0.1) is 0 Å². The topological polar surface area (TPSA) is 49.3 Å². The Bertz CT molecular complexity index is 724. The highest BCUT2D eigenvalue weighted by molar-refractivity contribution is 5.87. The molecule has 3 nitrogen and oxygen atoms in total. The van der Waals surface area contributed by atoms with Crippen LogP contribution in [0, 0.1) is 11.6 Å². The number of hydrogen-bond acceptors (Lipinski definition) is 2. The molecule has 0 unspecified atom stereocenters. The van der Waals surface area contributed by atoms with Crippen LogP contribution in [0.5, 0.6) is 0 Å². The van der Waals surface area contributed by atoms with Crippen LogP contribution in [0.25, 0.3) is 0 Å². The van der Waals surface area contributed by atoms with Crippen LogP contribution in [0.3, 0.4) is 0 Å². The van der Waals surface area contributed by atoms with E-state index >= 15 is 0 Å². The van der Waals surface area contributed by atoms with Gasteiger partial charge in [0.1, 0.15) is 11.6 Å². The monoisotopic (exact) mass is 317 g/mol. The number of rotatable bonds is 5. The van der Waals surface area contributed by atoms with E-state index in [0.717, 1.165) is 30.9 Å². The van der Waals surface area contributed by atoms with Crippen molar-refractivity contribution in [3.05, 3.63) is 70.8 Å². The van der Waals surface area contributed by atoms with E-state index in [9.17, 15) is 13.6 Å². The average molecular weight is 317 g/mol. The van der Waals surface area contributed by atoms with Crippen LogP contribution < -0.4 is 5.32 Å². The molecule has 0 atom stereocenters. The molecule has 0 aromatic heterocycles. The maximum Gasteiger partial charge on any atom is 0.335 e. The Morgan fingerprint density at radius 1 is 1.13 bits per heavy atom. The number of benzene rings is 2. The molecule has 0 bridgehead atoms. The lowest BCUT2D eigenvalue weighted by atomic mass is 9.71. The van der Waals surface area contributed by atoms with Crippen molar-refractivity contribution in [2.75, 3.05) is 0 Å². The third-order valence-electron chi connectivity index (χ3n) is 4.49. The molecule has 2 aromatic rings. The standard InChI is InChI=1S/C18H17F2NO2/c19-14-6-7-15(16(20)10-14)18(8-1-9-18)21-11-12-2-4-13(5-3-12)17(22)23/h2-7,10,21H,1,8-9,11H2,(H,22,23). The highest BCUT2D eigenvalue weighted by Crippen LogP contribution is 2.42. The summed E-state index contributed by atoms with van der Waals surface area (Å²) in [7, 11) is 0. The zero-order valence-electron chi connectivity index (χ0n) is 12.5. The number of carboxylic acids is 1. The van der Waals surface area contributed by atoms with E-state index < -0.39 is 23.1 Å². The molecular weight excluding hydrogens is 300 g/mol. The molecule has 0 spiro atoms. The minimum atomic E-state index is -0.964.